The number of nitrogens with zero attached hydrogens (tertiary/aromatic N) is 3. The van der Waals surface area contributed by atoms with Gasteiger partial charge in [0.15, 0.2) is 0 Å². The lowest BCUT2D eigenvalue weighted by molar-refractivity contribution is 0.0600. The molecule has 146 valence electrons. The summed E-state index contributed by atoms with van der Waals surface area (Å²) in [4.78, 5) is 25.5. The first-order valence-electron chi connectivity index (χ1n) is 8.96. The standard InChI is InChI=1S/C22H19N3O4/c1-14-5-4-6-16(11-14)24-12-18-20(19(13-24)22(27)29-3)23-25(21(18)26)15-7-9-17(28-2)10-8-15/h4-13H,1-3H3. The molecule has 0 spiro atoms. The first-order valence-corrected chi connectivity index (χ1v) is 8.96. The van der Waals surface area contributed by atoms with Crippen molar-refractivity contribution in [3.05, 3.63) is 82.4 Å². The third-order valence-corrected chi connectivity index (χ3v) is 4.69. The zero-order valence-electron chi connectivity index (χ0n) is 16.2. The normalized spacial score (nSPS) is 10.9. The van der Waals surface area contributed by atoms with Crippen LogP contribution in [0.4, 0.5) is 0 Å². The molecule has 0 radical (unpaired) electrons. The van der Waals surface area contributed by atoms with Crippen molar-refractivity contribution < 1.29 is 14.3 Å². The minimum absolute atomic E-state index is 0.218. The number of methoxy groups -OCH3 is 2. The molecule has 0 saturated heterocycles. The van der Waals surface area contributed by atoms with Crippen LogP contribution >= 0.6 is 0 Å². The summed E-state index contributed by atoms with van der Waals surface area (Å²) < 4.78 is 13.1. The molecule has 7 nitrogen and oxygen atoms in total. The fraction of sp³-hybridized carbons (Fsp3) is 0.136. The van der Waals surface area contributed by atoms with Gasteiger partial charge in [0.1, 0.15) is 17.0 Å². The highest BCUT2D eigenvalue weighted by Crippen LogP contribution is 2.25. The number of hydrogen-bond acceptors (Lipinski definition) is 5. The van der Waals surface area contributed by atoms with E-state index in [1.807, 2.05) is 31.2 Å². The van der Waals surface area contributed by atoms with Gasteiger partial charge in [0, 0.05) is 18.1 Å². The molecule has 2 aromatic rings. The number of benzene rings is 2. The van der Waals surface area contributed by atoms with Gasteiger partial charge in [-0.05, 0) is 48.9 Å². The van der Waals surface area contributed by atoms with Gasteiger partial charge in [0.05, 0.1) is 25.5 Å². The smallest absolute Gasteiger partial charge is 0.341 e. The molecule has 29 heavy (non-hydrogen) atoms. The van der Waals surface area contributed by atoms with Gasteiger partial charge in [-0.25, -0.2) is 4.79 Å². The summed E-state index contributed by atoms with van der Waals surface area (Å²) in [5, 5.41) is 4.41. The summed E-state index contributed by atoms with van der Waals surface area (Å²) in [6.07, 6.45) is 3.32. The first kappa shape index (κ1) is 18.5. The van der Waals surface area contributed by atoms with Crippen molar-refractivity contribution in [1.82, 2.24) is 14.3 Å². The number of esters is 1. The highest BCUT2D eigenvalue weighted by molar-refractivity contribution is 5.96. The van der Waals surface area contributed by atoms with Gasteiger partial charge in [0.2, 0.25) is 0 Å². The molecule has 0 aliphatic carbocycles. The summed E-state index contributed by atoms with van der Waals surface area (Å²) in [6.45, 7) is 1.98. The molecule has 2 aromatic carbocycles. The molecule has 0 saturated carbocycles. The van der Waals surface area contributed by atoms with E-state index in [-0.39, 0.29) is 11.1 Å². The maximum absolute atomic E-state index is 13.1. The number of aryl methyl sites for hydroxylation is 1. The SMILES string of the molecule is COC(=O)c1cn(-c2cccc(C)c2)cc2c(=O)n(-c3ccc(OC)cc3)nc1-2. The third-order valence-electron chi connectivity index (χ3n) is 4.69. The van der Waals surface area contributed by atoms with Crippen molar-refractivity contribution in [3.63, 3.8) is 0 Å². The highest BCUT2D eigenvalue weighted by Gasteiger charge is 2.25. The summed E-state index contributed by atoms with van der Waals surface area (Å²) in [6, 6.07) is 14.7. The summed E-state index contributed by atoms with van der Waals surface area (Å²) in [5.41, 5.74) is 2.98. The van der Waals surface area contributed by atoms with E-state index in [0.717, 1.165) is 11.3 Å². The lowest BCUT2D eigenvalue weighted by atomic mass is 10.1. The zero-order chi connectivity index (χ0) is 20.5. The molecule has 0 N–H and O–H groups in total. The molecular formula is C22H19N3O4. The average molecular weight is 389 g/mol. The van der Waals surface area contributed by atoms with Crippen molar-refractivity contribution in [3.8, 4) is 28.4 Å². The Bertz CT molecular complexity index is 1220. The van der Waals surface area contributed by atoms with Crippen LogP contribution < -0.4 is 10.3 Å². The van der Waals surface area contributed by atoms with E-state index < -0.39 is 5.97 Å². The maximum atomic E-state index is 13.1. The lowest BCUT2D eigenvalue weighted by Gasteiger charge is -2.12. The van der Waals surface area contributed by atoms with Gasteiger partial charge in [0.25, 0.3) is 5.56 Å². The fourth-order valence-corrected chi connectivity index (χ4v) is 3.20. The predicted molar refractivity (Wildman–Crippen MR) is 108 cm³/mol. The number of fused-ring (bicyclic) bond motifs is 1. The van der Waals surface area contributed by atoms with Crippen molar-refractivity contribution >= 4 is 5.97 Å². The van der Waals surface area contributed by atoms with Crippen LogP contribution in [0, 0.1) is 6.92 Å². The van der Waals surface area contributed by atoms with Gasteiger partial charge in [-0.15, -0.1) is 0 Å². The van der Waals surface area contributed by atoms with Gasteiger partial charge >= 0.3 is 5.97 Å². The monoisotopic (exact) mass is 389 g/mol. The van der Waals surface area contributed by atoms with Crippen LogP contribution in [0.3, 0.4) is 0 Å². The second-order valence-corrected chi connectivity index (χ2v) is 6.59. The zero-order valence-corrected chi connectivity index (χ0v) is 16.2. The van der Waals surface area contributed by atoms with Crippen LogP contribution in [0.15, 0.2) is 65.7 Å². The van der Waals surface area contributed by atoms with Crippen LogP contribution in [0.5, 0.6) is 5.75 Å². The molecule has 0 fully saturated rings. The van der Waals surface area contributed by atoms with Crippen molar-refractivity contribution in [2.75, 3.05) is 14.2 Å². The third kappa shape index (κ3) is 3.27. The van der Waals surface area contributed by atoms with Crippen LogP contribution in [0.2, 0.25) is 0 Å². The summed E-state index contributed by atoms with van der Waals surface area (Å²) in [5.74, 6) is 0.113. The fourth-order valence-electron chi connectivity index (χ4n) is 3.20. The number of rotatable bonds is 4. The molecular weight excluding hydrogens is 370 g/mol. The Morgan fingerprint density at radius 2 is 1.76 bits per heavy atom. The molecule has 4 rings (SSSR count). The van der Waals surface area contributed by atoms with Crippen LogP contribution in [0.25, 0.3) is 22.6 Å². The van der Waals surface area contributed by atoms with Crippen molar-refractivity contribution in [2.45, 2.75) is 6.92 Å². The molecule has 7 heteroatoms. The Morgan fingerprint density at radius 1 is 1.00 bits per heavy atom. The second kappa shape index (κ2) is 7.27. The first-order chi connectivity index (χ1) is 14.0. The quantitative estimate of drug-likeness (QED) is 0.501. The number of carbonyl (C=O) groups excluding carboxylic acids is 1. The largest absolute Gasteiger partial charge is 0.497 e. The molecule has 2 aliphatic rings. The van der Waals surface area contributed by atoms with Gasteiger partial charge < -0.3 is 14.0 Å². The van der Waals surface area contributed by atoms with Gasteiger partial charge in [-0.2, -0.15) is 9.78 Å². The highest BCUT2D eigenvalue weighted by atomic mass is 16.5. The lowest BCUT2D eigenvalue weighted by Crippen LogP contribution is -2.15. The Morgan fingerprint density at radius 3 is 2.41 bits per heavy atom. The molecule has 0 atom stereocenters. The van der Waals surface area contributed by atoms with E-state index in [1.54, 1.807) is 48.3 Å². The summed E-state index contributed by atoms with van der Waals surface area (Å²) >= 11 is 0. The van der Waals surface area contributed by atoms with Gasteiger partial charge in [-0.1, -0.05) is 12.1 Å². The van der Waals surface area contributed by atoms with Crippen molar-refractivity contribution in [2.24, 2.45) is 0 Å². The van der Waals surface area contributed by atoms with Gasteiger partial charge in [-0.3, -0.25) is 4.79 Å². The number of pyridine rings is 1. The molecule has 0 amide bonds. The molecule has 2 heterocycles. The number of hydrogen-bond donors (Lipinski definition) is 0. The van der Waals surface area contributed by atoms with Crippen LogP contribution in [-0.4, -0.2) is 34.5 Å². The van der Waals surface area contributed by atoms with Crippen LogP contribution in [0.1, 0.15) is 15.9 Å². The number of ether oxygens (including phenoxy) is 2. The van der Waals surface area contributed by atoms with E-state index in [0.29, 0.717) is 22.7 Å². The van der Waals surface area contributed by atoms with E-state index in [4.69, 9.17) is 9.47 Å². The van der Waals surface area contributed by atoms with E-state index in [1.165, 1.54) is 11.8 Å². The average Bonchev–Trinajstić information content (AvgIpc) is 3.09. The molecule has 0 aromatic heterocycles. The Kier molecular flexibility index (Phi) is 4.64. The summed E-state index contributed by atoms with van der Waals surface area (Å²) in [7, 11) is 2.87. The second-order valence-electron chi connectivity index (χ2n) is 6.59. The van der Waals surface area contributed by atoms with E-state index in [2.05, 4.69) is 5.10 Å². The number of carbonyl (C=O) groups is 1. The van der Waals surface area contributed by atoms with E-state index >= 15 is 0 Å². The Balaban J connectivity index is 1.96. The van der Waals surface area contributed by atoms with Crippen LogP contribution in [-0.2, 0) is 4.74 Å². The van der Waals surface area contributed by atoms with Crippen molar-refractivity contribution in [1.29, 1.82) is 0 Å². The minimum atomic E-state index is -0.559. The maximum Gasteiger partial charge on any atom is 0.341 e. The molecule has 0 bridgehead atoms. The Hall–Kier alpha value is -3.87. The number of aromatic nitrogens is 3. The molecule has 2 aliphatic heterocycles. The Labute approximate surface area is 167 Å². The van der Waals surface area contributed by atoms with E-state index in [9.17, 15) is 9.59 Å². The topological polar surface area (TPSA) is 75.3 Å². The minimum Gasteiger partial charge on any atom is -0.497 e. The predicted octanol–water partition coefficient (Wildman–Crippen LogP) is 3.23. The molecule has 0 unspecified atom stereocenters.